The van der Waals surface area contributed by atoms with Gasteiger partial charge in [0.15, 0.2) is 0 Å². The maximum atomic E-state index is 6.12. The largest absolute Gasteiger partial charge is 0.326 e. The van der Waals surface area contributed by atoms with E-state index in [2.05, 4.69) is 29.8 Å². The first-order valence-electron chi connectivity index (χ1n) is 5.82. The van der Waals surface area contributed by atoms with Gasteiger partial charge in [0.2, 0.25) is 0 Å². The molecule has 1 aliphatic carbocycles. The van der Waals surface area contributed by atoms with E-state index in [0.29, 0.717) is 18.1 Å². The zero-order chi connectivity index (χ0) is 10.7. The van der Waals surface area contributed by atoms with Crippen molar-refractivity contribution in [1.29, 1.82) is 0 Å². The van der Waals surface area contributed by atoms with Crippen LogP contribution in [0.4, 0.5) is 0 Å². The third kappa shape index (κ3) is 2.80. The van der Waals surface area contributed by atoms with E-state index in [1.807, 2.05) is 11.3 Å². The molecular weight excluding hydrogens is 204 g/mol. The first kappa shape index (κ1) is 11.1. The van der Waals surface area contributed by atoms with Gasteiger partial charge in [0.05, 0.1) is 0 Å². The van der Waals surface area contributed by atoms with Crippen LogP contribution in [0.15, 0.2) is 17.5 Å². The smallest absolute Gasteiger partial charge is 0.0388 e. The molecule has 1 aromatic heterocycles. The third-order valence-corrected chi connectivity index (χ3v) is 4.31. The molecule has 2 rings (SSSR count). The van der Waals surface area contributed by atoms with Crippen molar-refractivity contribution in [3.05, 3.63) is 22.4 Å². The van der Waals surface area contributed by atoms with Crippen molar-refractivity contribution in [2.24, 2.45) is 5.73 Å². The summed E-state index contributed by atoms with van der Waals surface area (Å²) >= 11 is 1.82. The molecule has 84 valence electrons. The molecule has 15 heavy (non-hydrogen) atoms. The van der Waals surface area contributed by atoms with Gasteiger partial charge in [-0.3, -0.25) is 0 Å². The molecule has 0 aromatic carbocycles. The quantitative estimate of drug-likeness (QED) is 0.828. The molecule has 0 radical (unpaired) electrons. The molecule has 1 heterocycles. The van der Waals surface area contributed by atoms with Crippen LogP contribution in [0.25, 0.3) is 0 Å². The van der Waals surface area contributed by atoms with Crippen LogP contribution in [0.2, 0.25) is 0 Å². The molecular formula is C12H20N2S. The highest BCUT2D eigenvalue weighted by Crippen LogP contribution is 2.23. The van der Waals surface area contributed by atoms with E-state index >= 15 is 0 Å². The van der Waals surface area contributed by atoms with E-state index in [4.69, 9.17) is 5.73 Å². The highest BCUT2D eigenvalue weighted by molar-refractivity contribution is 7.10. The molecule has 1 saturated carbocycles. The fraction of sp³-hybridized carbons (Fsp3) is 0.667. The highest BCUT2D eigenvalue weighted by atomic mass is 32.1. The van der Waals surface area contributed by atoms with Gasteiger partial charge in [-0.15, -0.1) is 11.3 Å². The van der Waals surface area contributed by atoms with Crippen molar-refractivity contribution in [3.8, 4) is 0 Å². The van der Waals surface area contributed by atoms with Crippen LogP contribution < -0.4 is 11.1 Å². The molecule has 3 heteroatoms. The molecule has 0 unspecified atom stereocenters. The Balaban J connectivity index is 1.90. The third-order valence-electron chi connectivity index (χ3n) is 3.25. The molecule has 3 atom stereocenters. The lowest BCUT2D eigenvalue weighted by molar-refractivity contribution is 0.308. The summed E-state index contributed by atoms with van der Waals surface area (Å²) in [6.45, 7) is 2.23. The fourth-order valence-electron chi connectivity index (χ4n) is 2.31. The van der Waals surface area contributed by atoms with Crippen LogP contribution in [0.1, 0.15) is 43.5 Å². The molecule has 1 aromatic rings. The van der Waals surface area contributed by atoms with Gasteiger partial charge in [-0.05, 0) is 31.2 Å². The van der Waals surface area contributed by atoms with Crippen LogP contribution in [0.5, 0.6) is 0 Å². The van der Waals surface area contributed by atoms with E-state index in [1.165, 1.54) is 30.6 Å². The fourth-order valence-corrected chi connectivity index (χ4v) is 3.05. The predicted molar refractivity (Wildman–Crippen MR) is 66.1 cm³/mol. The second-order valence-electron chi connectivity index (χ2n) is 4.46. The lowest BCUT2D eigenvalue weighted by Crippen LogP contribution is -2.47. The molecule has 0 bridgehead atoms. The van der Waals surface area contributed by atoms with Gasteiger partial charge in [0.25, 0.3) is 0 Å². The Bertz CT molecular complexity index is 284. The van der Waals surface area contributed by atoms with Crippen LogP contribution in [-0.4, -0.2) is 12.1 Å². The van der Waals surface area contributed by atoms with Crippen molar-refractivity contribution >= 4 is 11.3 Å². The summed E-state index contributed by atoms with van der Waals surface area (Å²) in [5.74, 6) is 0. The summed E-state index contributed by atoms with van der Waals surface area (Å²) < 4.78 is 0. The monoisotopic (exact) mass is 224 g/mol. The van der Waals surface area contributed by atoms with Gasteiger partial charge < -0.3 is 11.1 Å². The van der Waals surface area contributed by atoms with E-state index in [9.17, 15) is 0 Å². The maximum absolute atomic E-state index is 6.12. The van der Waals surface area contributed by atoms with Crippen LogP contribution in [0, 0.1) is 0 Å². The lowest BCUT2D eigenvalue weighted by atomic mass is 9.90. The summed E-state index contributed by atoms with van der Waals surface area (Å²) in [6, 6.07) is 5.60. The van der Waals surface area contributed by atoms with Gasteiger partial charge in [0, 0.05) is 23.0 Å². The Labute approximate surface area is 95.9 Å². The van der Waals surface area contributed by atoms with Gasteiger partial charge >= 0.3 is 0 Å². The SMILES string of the molecule is C[C@H](N[C@H]1CCCC[C@H]1N)c1cccs1. The lowest BCUT2D eigenvalue weighted by Gasteiger charge is -2.31. The van der Waals surface area contributed by atoms with E-state index < -0.39 is 0 Å². The Morgan fingerprint density at radius 3 is 2.93 bits per heavy atom. The molecule has 0 amide bonds. The molecule has 0 aliphatic heterocycles. The minimum absolute atomic E-state index is 0.348. The predicted octanol–water partition coefficient (Wildman–Crippen LogP) is 2.67. The topological polar surface area (TPSA) is 38.0 Å². The Kier molecular flexibility index (Phi) is 3.78. The first-order chi connectivity index (χ1) is 7.27. The van der Waals surface area contributed by atoms with Crippen LogP contribution in [-0.2, 0) is 0 Å². The molecule has 0 spiro atoms. The Morgan fingerprint density at radius 1 is 1.47 bits per heavy atom. The second-order valence-corrected chi connectivity index (χ2v) is 5.44. The minimum atomic E-state index is 0.348. The maximum Gasteiger partial charge on any atom is 0.0388 e. The van der Waals surface area contributed by atoms with Crippen LogP contribution in [0.3, 0.4) is 0 Å². The summed E-state index contributed by atoms with van der Waals surface area (Å²) in [6.07, 6.45) is 5.03. The summed E-state index contributed by atoms with van der Waals surface area (Å²) in [7, 11) is 0. The van der Waals surface area contributed by atoms with E-state index in [-0.39, 0.29) is 0 Å². The van der Waals surface area contributed by atoms with Gasteiger partial charge in [-0.2, -0.15) is 0 Å². The van der Waals surface area contributed by atoms with E-state index in [0.717, 1.165) is 0 Å². The van der Waals surface area contributed by atoms with E-state index in [1.54, 1.807) is 0 Å². The zero-order valence-electron chi connectivity index (χ0n) is 9.28. The van der Waals surface area contributed by atoms with Gasteiger partial charge in [-0.25, -0.2) is 0 Å². The minimum Gasteiger partial charge on any atom is -0.326 e. The number of nitrogens with two attached hydrogens (primary N) is 1. The zero-order valence-corrected chi connectivity index (χ0v) is 10.1. The molecule has 1 aliphatic rings. The standard InChI is InChI=1S/C12H20N2S/c1-9(12-7-4-8-15-12)14-11-6-3-2-5-10(11)13/h4,7-11,14H,2-3,5-6,13H2,1H3/t9-,10+,11-/m0/s1. The number of hydrogen-bond donors (Lipinski definition) is 2. The van der Waals surface area contributed by atoms with Crippen LogP contribution >= 0.6 is 11.3 Å². The number of thiophene rings is 1. The van der Waals surface area contributed by atoms with Crippen molar-refractivity contribution < 1.29 is 0 Å². The highest BCUT2D eigenvalue weighted by Gasteiger charge is 2.23. The van der Waals surface area contributed by atoms with Gasteiger partial charge in [0.1, 0.15) is 0 Å². The normalized spacial score (nSPS) is 28.9. The molecule has 0 saturated heterocycles. The molecule has 3 N–H and O–H groups in total. The van der Waals surface area contributed by atoms with Gasteiger partial charge in [-0.1, -0.05) is 18.9 Å². The number of rotatable bonds is 3. The van der Waals surface area contributed by atoms with Crippen molar-refractivity contribution in [2.45, 2.75) is 50.7 Å². The van der Waals surface area contributed by atoms with Crippen molar-refractivity contribution in [1.82, 2.24) is 5.32 Å². The Hall–Kier alpha value is -0.380. The molecule has 1 fully saturated rings. The summed E-state index contributed by atoms with van der Waals surface area (Å²) in [5.41, 5.74) is 6.12. The molecule has 2 nitrogen and oxygen atoms in total. The Morgan fingerprint density at radius 2 is 2.27 bits per heavy atom. The average Bonchev–Trinajstić information content (AvgIpc) is 2.74. The summed E-state index contributed by atoms with van der Waals surface area (Å²) in [4.78, 5) is 1.41. The first-order valence-corrected chi connectivity index (χ1v) is 6.70. The number of hydrogen-bond acceptors (Lipinski definition) is 3. The average molecular weight is 224 g/mol. The summed E-state index contributed by atoms with van der Waals surface area (Å²) in [5, 5.41) is 5.79. The second kappa shape index (κ2) is 5.10. The van der Waals surface area contributed by atoms with Crippen molar-refractivity contribution in [2.75, 3.05) is 0 Å². The number of nitrogens with one attached hydrogen (secondary N) is 1. The van der Waals surface area contributed by atoms with Crippen molar-refractivity contribution in [3.63, 3.8) is 0 Å².